The number of amides is 4. The maximum atomic E-state index is 12.2. The highest BCUT2D eigenvalue weighted by Crippen LogP contribution is 2.29. The molecule has 0 spiro atoms. The number of hydrogen-bond acceptors (Lipinski definition) is 5. The molecule has 8 nitrogen and oxygen atoms in total. The lowest BCUT2D eigenvalue weighted by Crippen LogP contribution is -2.42. The maximum Gasteiger partial charge on any atom is 0.323 e. The molecule has 0 aliphatic carbocycles. The van der Waals surface area contributed by atoms with E-state index >= 15 is 0 Å². The number of anilines is 1. The van der Waals surface area contributed by atoms with Crippen LogP contribution in [0.5, 0.6) is 0 Å². The minimum atomic E-state index is -0.791. The Hall–Kier alpha value is -3.37. The number of carbonyl (C=O) groups is 3. The van der Waals surface area contributed by atoms with Crippen molar-refractivity contribution in [2.75, 3.05) is 51.8 Å². The highest BCUT2D eigenvalue weighted by Gasteiger charge is 2.20. The Labute approximate surface area is 223 Å². The zero-order valence-corrected chi connectivity index (χ0v) is 22.3. The van der Waals surface area contributed by atoms with Crippen LogP contribution in [0.15, 0.2) is 42.5 Å². The van der Waals surface area contributed by atoms with Crippen LogP contribution in [-0.2, 0) is 14.3 Å². The summed E-state index contributed by atoms with van der Waals surface area (Å²) >= 11 is 0. The van der Waals surface area contributed by atoms with E-state index < -0.39 is 11.6 Å². The fraction of sp³-hybridized carbons (Fsp3) is 0.464. The van der Waals surface area contributed by atoms with Crippen molar-refractivity contribution in [2.45, 2.75) is 39.0 Å². The molecule has 38 heavy (non-hydrogen) atoms. The summed E-state index contributed by atoms with van der Waals surface area (Å²) in [6, 6.07) is 11.5. The molecule has 2 aromatic carbocycles. The van der Waals surface area contributed by atoms with Crippen molar-refractivity contribution >= 4 is 24.0 Å². The number of aryl methyl sites for hydroxylation is 1. The smallest absolute Gasteiger partial charge is 0.323 e. The second-order valence-corrected chi connectivity index (χ2v) is 9.22. The highest BCUT2D eigenvalue weighted by molar-refractivity contribution is 5.88. The van der Waals surface area contributed by atoms with Crippen molar-refractivity contribution in [3.05, 3.63) is 65.2 Å². The Morgan fingerprint density at radius 1 is 1.13 bits per heavy atom. The number of hydrogen-bond donors (Lipinski definition) is 2. The number of carbonyl (C=O) groups excluding carboxylic acids is 3. The number of nitrogens with one attached hydrogen (secondary N) is 2. The molecule has 1 saturated heterocycles. The molecule has 208 valence electrons. The van der Waals surface area contributed by atoms with Crippen LogP contribution < -0.4 is 10.6 Å². The van der Waals surface area contributed by atoms with Gasteiger partial charge in [0.05, 0.1) is 13.2 Å². The van der Waals surface area contributed by atoms with Crippen LogP contribution in [0.4, 0.5) is 19.3 Å². The van der Waals surface area contributed by atoms with Crippen LogP contribution in [-0.4, -0.2) is 74.6 Å². The number of ether oxygens (including phenoxy) is 1. The Balaban J connectivity index is 0.000000474. The molecule has 2 aromatic rings. The van der Waals surface area contributed by atoms with Gasteiger partial charge >= 0.3 is 6.03 Å². The minimum absolute atomic E-state index is 0.0565. The van der Waals surface area contributed by atoms with E-state index in [1.54, 1.807) is 6.92 Å². The first-order valence-electron chi connectivity index (χ1n) is 12.7. The minimum Gasteiger partial charge on any atom is -0.383 e. The zero-order valence-electron chi connectivity index (χ0n) is 22.3. The third-order valence-electron chi connectivity index (χ3n) is 6.19. The number of methoxy groups -OCH3 is 1. The van der Waals surface area contributed by atoms with E-state index in [0.29, 0.717) is 25.5 Å². The predicted octanol–water partition coefficient (Wildman–Crippen LogP) is 4.30. The summed E-state index contributed by atoms with van der Waals surface area (Å²) in [7, 11) is 1.53. The maximum absolute atomic E-state index is 12.2. The van der Waals surface area contributed by atoms with Crippen molar-refractivity contribution in [1.29, 1.82) is 0 Å². The molecule has 0 aromatic heterocycles. The van der Waals surface area contributed by atoms with Gasteiger partial charge in [-0.2, -0.15) is 0 Å². The number of nitrogens with zero attached hydrogens (tertiary/aromatic N) is 2. The Bertz CT molecular complexity index is 1050. The molecule has 2 N–H and O–H groups in total. The SMILES string of the molecule is COCCN(C=O)C(=O)NCCCN1CCC(c2cccc(NC(C)=O)c2)CC1.Cc1ccc(F)c(F)c1. The molecule has 3 rings (SSSR count). The monoisotopic (exact) mass is 532 g/mol. The van der Waals surface area contributed by atoms with Crippen LogP contribution in [0.1, 0.15) is 43.2 Å². The van der Waals surface area contributed by atoms with Crippen LogP contribution in [0.25, 0.3) is 0 Å². The fourth-order valence-corrected chi connectivity index (χ4v) is 4.16. The first kappa shape index (κ1) is 30.9. The zero-order chi connectivity index (χ0) is 27.9. The molecule has 0 saturated carbocycles. The van der Waals surface area contributed by atoms with E-state index in [2.05, 4.69) is 27.7 Å². The number of piperidine rings is 1. The van der Waals surface area contributed by atoms with Gasteiger partial charge in [-0.25, -0.2) is 13.6 Å². The lowest BCUT2D eigenvalue weighted by atomic mass is 9.89. The third kappa shape index (κ3) is 10.9. The summed E-state index contributed by atoms with van der Waals surface area (Å²) in [6.45, 7) is 7.28. The standard InChI is InChI=1S/C21H32N4O4.C7H6F2/c1-17(27)23-20-6-3-5-19(15-20)18-7-11-24(12-8-18)10-4-9-22-21(28)25(16-26)13-14-29-2;1-5-2-3-6(8)7(9)4-5/h3,5-6,15-16,18H,4,7-14H2,1-2H3,(H,22,28)(H,23,27);2-4H,1H3. The quantitative estimate of drug-likeness (QED) is 0.352. The lowest BCUT2D eigenvalue weighted by Gasteiger charge is -2.32. The number of urea groups is 1. The van der Waals surface area contributed by atoms with E-state index in [9.17, 15) is 23.2 Å². The summed E-state index contributed by atoms with van der Waals surface area (Å²) in [5.41, 5.74) is 2.85. The van der Waals surface area contributed by atoms with Gasteiger partial charge in [0.15, 0.2) is 11.6 Å². The normalized spacial score (nSPS) is 13.7. The van der Waals surface area contributed by atoms with E-state index in [0.717, 1.165) is 67.2 Å². The van der Waals surface area contributed by atoms with E-state index in [4.69, 9.17) is 4.74 Å². The molecule has 0 bridgehead atoms. The van der Waals surface area contributed by atoms with Gasteiger partial charge in [-0.3, -0.25) is 14.5 Å². The van der Waals surface area contributed by atoms with Crippen LogP contribution >= 0.6 is 0 Å². The Kier molecular flexibility index (Phi) is 13.4. The van der Waals surface area contributed by atoms with Gasteiger partial charge in [0.2, 0.25) is 12.3 Å². The second kappa shape index (κ2) is 16.5. The van der Waals surface area contributed by atoms with Crippen LogP contribution in [0.2, 0.25) is 0 Å². The molecular formula is C28H38F2N4O4. The molecule has 0 radical (unpaired) electrons. The summed E-state index contributed by atoms with van der Waals surface area (Å²) in [5, 5.41) is 5.62. The summed E-state index contributed by atoms with van der Waals surface area (Å²) in [5.74, 6) is -1.13. The van der Waals surface area contributed by atoms with E-state index in [1.807, 2.05) is 12.1 Å². The molecule has 1 aliphatic rings. The summed E-state index contributed by atoms with van der Waals surface area (Å²) in [6.07, 6.45) is 3.52. The summed E-state index contributed by atoms with van der Waals surface area (Å²) < 4.78 is 29.2. The van der Waals surface area contributed by atoms with E-state index in [1.165, 1.54) is 25.7 Å². The number of rotatable bonds is 10. The highest BCUT2D eigenvalue weighted by atomic mass is 19.2. The average molecular weight is 533 g/mol. The van der Waals surface area contributed by atoms with Crippen LogP contribution in [0.3, 0.4) is 0 Å². The van der Waals surface area contributed by atoms with Gasteiger partial charge in [-0.1, -0.05) is 18.2 Å². The first-order chi connectivity index (χ1) is 18.2. The molecular weight excluding hydrogens is 494 g/mol. The van der Waals surface area contributed by atoms with Crippen molar-refractivity contribution in [1.82, 2.24) is 15.1 Å². The molecule has 1 heterocycles. The van der Waals surface area contributed by atoms with Crippen molar-refractivity contribution in [3.8, 4) is 0 Å². The van der Waals surface area contributed by atoms with Crippen LogP contribution in [0, 0.1) is 18.6 Å². The van der Waals surface area contributed by atoms with Crippen molar-refractivity contribution in [3.63, 3.8) is 0 Å². The van der Waals surface area contributed by atoms with E-state index in [-0.39, 0.29) is 18.5 Å². The molecule has 4 amide bonds. The molecule has 1 aliphatic heterocycles. The second-order valence-electron chi connectivity index (χ2n) is 9.22. The average Bonchev–Trinajstić information content (AvgIpc) is 2.90. The number of halogens is 2. The molecule has 1 fully saturated rings. The van der Waals surface area contributed by atoms with Gasteiger partial charge in [0, 0.05) is 26.3 Å². The number of likely N-dealkylation sites (tertiary alicyclic amines) is 1. The largest absolute Gasteiger partial charge is 0.383 e. The van der Waals surface area contributed by atoms with Gasteiger partial charge in [-0.15, -0.1) is 0 Å². The Morgan fingerprint density at radius 2 is 1.87 bits per heavy atom. The van der Waals surface area contributed by atoms with Gasteiger partial charge in [0.25, 0.3) is 0 Å². The predicted molar refractivity (Wildman–Crippen MR) is 143 cm³/mol. The molecule has 0 unspecified atom stereocenters. The fourth-order valence-electron chi connectivity index (χ4n) is 4.16. The van der Waals surface area contributed by atoms with Gasteiger partial charge < -0.3 is 20.3 Å². The first-order valence-corrected chi connectivity index (χ1v) is 12.7. The number of benzene rings is 2. The lowest BCUT2D eigenvalue weighted by molar-refractivity contribution is -0.116. The van der Waals surface area contributed by atoms with Gasteiger partial charge in [0.1, 0.15) is 0 Å². The number of imide groups is 1. The Morgan fingerprint density at radius 3 is 2.47 bits per heavy atom. The van der Waals surface area contributed by atoms with Crippen molar-refractivity contribution < 1.29 is 27.9 Å². The third-order valence-corrected chi connectivity index (χ3v) is 6.19. The molecule has 10 heteroatoms. The molecule has 0 atom stereocenters. The van der Waals surface area contributed by atoms with Crippen molar-refractivity contribution in [2.24, 2.45) is 0 Å². The summed E-state index contributed by atoms with van der Waals surface area (Å²) in [4.78, 5) is 37.6. The van der Waals surface area contributed by atoms with Gasteiger partial charge in [-0.05, 0) is 87.1 Å². The topological polar surface area (TPSA) is 91.0 Å².